The van der Waals surface area contributed by atoms with Crippen LogP contribution in [0.3, 0.4) is 0 Å². The minimum absolute atomic E-state index is 0.165. The predicted octanol–water partition coefficient (Wildman–Crippen LogP) is 1.36. The van der Waals surface area contributed by atoms with Gasteiger partial charge in [0.25, 0.3) is 5.56 Å². The van der Waals surface area contributed by atoms with Crippen LogP contribution in [0.15, 0.2) is 39.9 Å². The van der Waals surface area contributed by atoms with Crippen LogP contribution in [0.1, 0.15) is 30.4 Å². The second kappa shape index (κ2) is 6.04. The first-order valence-electron chi connectivity index (χ1n) is 7.67. The Balaban J connectivity index is 2.24. The molecule has 1 aromatic carbocycles. The van der Waals surface area contributed by atoms with Crippen molar-refractivity contribution in [2.24, 2.45) is 14.1 Å². The number of rotatable bonds is 3. The van der Waals surface area contributed by atoms with Crippen molar-refractivity contribution >= 4 is 0 Å². The number of hydrogen-bond acceptors (Lipinski definition) is 4. The Bertz CT molecular complexity index is 823. The maximum Gasteiger partial charge on any atom is 0.333 e. The summed E-state index contributed by atoms with van der Waals surface area (Å²) in [7, 11) is 3.10. The minimum atomic E-state index is -0.476. The summed E-state index contributed by atoms with van der Waals surface area (Å²) in [5.74, 6) is 0.138. The van der Waals surface area contributed by atoms with Crippen molar-refractivity contribution in [1.29, 1.82) is 0 Å². The third kappa shape index (κ3) is 2.59. The molecule has 122 valence electrons. The molecule has 3 rings (SSSR count). The smallest absolute Gasteiger partial charge is 0.333 e. The standard InChI is InChI=1S/C17H20N2O4/c1-4-22-13-10-12(11-8-6-5-7-9-11)14-15(20)18(2)17(21)19(3)16(14)23-13/h5-9,12-13H,4,10H2,1-3H3/t12-,13+/m0/s1. The molecule has 2 aromatic rings. The molecular formula is C17H20N2O4. The zero-order chi connectivity index (χ0) is 16.6. The van der Waals surface area contributed by atoms with Gasteiger partial charge >= 0.3 is 5.69 Å². The maximum atomic E-state index is 12.7. The van der Waals surface area contributed by atoms with Gasteiger partial charge in [-0.1, -0.05) is 30.3 Å². The molecule has 0 saturated heterocycles. The molecule has 6 nitrogen and oxygen atoms in total. The molecule has 0 radical (unpaired) electrons. The predicted molar refractivity (Wildman–Crippen MR) is 85.9 cm³/mol. The molecule has 0 aliphatic carbocycles. The second-order valence-corrected chi connectivity index (χ2v) is 5.63. The number of benzene rings is 1. The quantitative estimate of drug-likeness (QED) is 0.858. The summed E-state index contributed by atoms with van der Waals surface area (Å²) >= 11 is 0. The third-order valence-electron chi connectivity index (χ3n) is 4.22. The van der Waals surface area contributed by atoms with E-state index in [1.165, 1.54) is 11.6 Å². The van der Waals surface area contributed by atoms with Gasteiger partial charge in [-0.25, -0.2) is 4.79 Å². The van der Waals surface area contributed by atoms with Crippen molar-refractivity contribution in [2.75, 3.05) is 6.61 Å². The normalized spacial score (nSPS) is 20.0. The van der Waals surface area contributed by atoms with Gasteiger partial charge in [0.2, 0.25) is 12.2 Å². The van der Waals surface area contributed by atoms with Crippen molar-refractivity contribution < 1.29 is 9.47 Å². The molecule has 0 N–H and O–H groups in total. The van der Waals surface area contributed by atoms with Crippen LogP contribution < -0.4 is 16.0 Å². The highest BCUT2D eigenvalue weighted by atomic mass is 16.7. The van der Waals surface area contributed by atoms with Crippen LogP contribution in [-0.4, -0.2) is 22.0 Å². The van der Waals surface area contributed by atoms with E-state index < -0.39 is 12.0 Å². The molecule has 23 heavy (non-hydrogen) atoms. The van der Waals surface area contributed by atoms with Crippen LogP contribution in [0.5, 0.6) is 5.88 Å². The molecule has 0 spiro atoms. The van der Waals surface area contributed by atoms with Crippen molar-refractivity contribution in [3.8, 4) is 5.88 Å². The molecule has 2 atom stereocenters. The Hall–Kier alpha value is -2.34. The van der Waals surface area contributed by atoms with E-state index in [0.29, 0.717) is 24.5 Å². The summed E-state index contributed by atoms with van der Waals surface area (Å²) in [6.45, 7) is 2.39. The Morgan fingerprint density at radius 3 is 2.52 bits per heavy atom. The summed E-state index contributed by atoms with van der Waals surface area (Å²) in [6.07, 6.45) is 0.0635. The van der Waals surface area contributed by atoms with Crippen molar-refractivity contribution in [3.63, 3.8) is 0 Å². The average molecular weight is 316 g/mol. The topological polar surface area (TPSA) is 62.5 Å². The SMILES string of the molecule is CCO[C@H]1C[C@@H](c2ccccc2)c2c(n(C)c(=O)n(C)c2=O)O1. The van der Waals surface area contributed by atoms with E-state index >= 15 is 0 Å². The van der Waals surface area contributed by atoms with Gasteiger partial charge in [-0.05, 0) is 12.5 Å². The molecule has 0 saturated carbocycles. The number of aromatic nitrogens is 2. The molecule has 1 aromatic heterocycles. The first-order valence-corrected chi connectivity index (χ1v) is 7.67. The van der Waals surface area contributed by atoms with Crippen molar-refractivity contribution in [2.45, 2.75) is 25.6 Å². The van der Waals surface area contributed by atoms with Crippen molar-refractivity contribution in [1.82, 2.24) is 9.13 Å². The van der Waals surface area contributed by atoms with Gasteiger partial charge in [-0.15, -0.1) is 0 Å². The van der Waals surface area contributed by atoms with Gasteiger partial charge in [0.1, 0.15) is 0 Å². The van der Waals surface area contributed by atoms with Gasteiger partial charge in [0.05, 0.1) is 5.56 Å². The van der Waals surface area contributed by atoms with E-state index in [2.05, 4.69) is 0 Å². The summed E-state index contributed by atoms with van der Waals surface area (Å²) in [6, 6.07) is 9.77. The Labute approximate surface area is 133 Å². The van der Waals surface area contributed by atoms with Gasteiger partial charge < -0.3 is 9.47 Å². The molecule has 0 amide bonds. The Morgan fingerprint density at radius 1 is 1.17 bits per heavy atom. The summed E-state index contributed by atoms with van der Waals surface area (Å²) < 4.78 is 13.9. The molecular weight excluding hydrogens is 296 g/mol. The van der Waals surface area contributed by atoms with Gasteiger partial charge in [-0.2, -0.15) is 0 Å². The van der Waals surface area contributed by atoms with E-state index in [-0.39, 0.29) is 11.5 Å². The van der Waals surface area contributed by atoms with Crippen LogP contribution >= 0.6 is 0 Å². The lowest BCUT2D eigenvalue weighted by Gasteiger charge is -2.32. The lowest BCUT2D eigenvalue weighted by Crippen LogP contribution is -2.44. The minimum Gasteiger partial charge on any atom is -0.449 e. The van der Waals surface area contributed by atoms with E-state index in [9.17, 15) is 9.59 Å². The number of hydrogen-bond donors (Lipinski definition) is 0. The molecule has 6 heteroatoms. The van der Waals surface area contributed by atoms with Gasteiger partial charge in [-0.3, -0.25) is 13.9 Å². The molecule has 2 heterocycles. The number of ether oxygens (including phenoxy) is 2. The van der Waals surface area contributed by atoms with Crippen LogP contribution in [0.25, 0.3) is 0 Å². The Morgan fingerprint density at radius 2 is 1.87 bits per heavy atom. The first-order chi connectivity index (χ1) is 11.0. The molecule has 0 bridgehead atoms. The average Bonchev–Trinajstić information content (AvgIpc) is 2.58. The van der Waals surface area contributed by atoms with E-state index in [1.54, 1.807) is 7.05 Å². The van der Waals surface area contributed by atoms with Gasteiger partial charge in [0, 0.05) is 33.0 Å². The highest BCUT2D eigenvalue weighted by Crippen LogP contribution is 2.37. The lowest BCUT2D eigenvalue weighted by molar-refractivity contribution is -0.0943. The summed E-state index contributed by atoms with van der Waals surface area (Å²) in [4.78, 5) is 24.8. The number of fused-ring (bicyclic) bond motifs is 1. The van der Waals surface area contributed by atoms with Crippen molar-refractivity contribution in [3.05, 3.63) is 62.3 Å². The van der Waals surface area contributed by atoms with E-state index in [1.807, 2.05) is 37.3 Å². The second-order valence-electron chi connectivity index (χ2n) is 5.63. The first kappa shape index (κ1) is 15.6. The third-order valence-corrected chi connectivity index (χ3v) is 4.22. The van der Waals surface area contributed by atoms with E-state index in [0.717, 1.165) is 10.1 Å². The fraction of sp³-hybridized carbons (Fsp3) is 0.412. The van der Waals surface area contributed by atoms with Gasteiger partial charge in [0.15, 0.2) is 0 Å². The maximum absolute atomic E-state index is 12.7. The largest absolute Gasteiger partial charge is 0.449 e. The monoisotopic (exact) mass is 316 g/mol. The lowest BCUT2D eigenvalue weighted by atomic mass is 9.88. The van der Waals surface area contributed by atoms with Crippen LogP contribution in [0.2, 0.25) is 0 Å². The zero-order valence-electron chi connectivity index (χ0n) is 13.5. The fourth-order valence-corrected chi connectivity index (χ4v) is 3.05. The summed E-state index contributed by atoms with van der Waals surface area (Å²) in [5.41, 5.74) is 0.805. The highest BCUT2D eigenvalue weighted by Gasteiger charge is 2.35. The molecule has 0 unspecified atom stereocenters. The van der Waals surface area contributed by atoms with E-state index in [4.69, 9.17) is 9.47 Å². The van der Waals surface area contributed by atoms with Crippen LogP contribution in [0.4, 0.5) is 0 Å². The van der Waals surface area contributed by atoms with Crippen LogP contribution in [0, 0.1) is 0 Å². The van der Waals surface area contributed by atoms with Crippen LogP contribution in [-0.2, 0) is 18.8 Å². The number of nitrogens with zero attached hydrogens (tertiary/aromatic N) is 2. The molecule has 1 aliphatic rings. The molecule has 1 aliphatic heterocycles. The molecule has 0 fully saturated rings. The highest BCUT2D eigenvalue weighted by molar-refractivity contribution is 5.39. The summed E-state index contributed by atoms with van der Waals surface area (Å²) in [5, 5.41) is 0. The Kier molecular flexibility index (Phi) is 4.09. The zero-order valence-corrected chi connectivity index (χ0v) is 13.5. The fourth-order valence-electron chi connectivity index (χ4n) is 3.05.